The maximum Gasteiger partial charge on any atom is 0.0904 e. The Bertz CT molecular complexity index is 633. The van der Waals surface area contributed by atoms with Crippen molar-refractivity contribution in [1.82, 2.24) is 0 Å². The van der Waals surface area contributed by atoms with E-state index < -0.39 is 0 Å². The van der Waals surface area contributed by atoms with Gasteiger partial charge in [-0.05, 0) is 29.0 Å². The molecule has 0 amide bonds. The van der Waals surface area contributed by atoms with Crippen molar-refractivity contribution >= 4 is 11.9 Å². The van der Waals surface area contributed by atoms with Gasteiger partial charge in [-0.2, -0.15) is 10.2 Å². The molecule has 0 saturated heterocycles. The Kier molecular flexibility index (Phi) is 10.1. The molecule has 0 aliphatic carbocycles. The molecule has 0 spiro atoms. The largest absolute Gasteiger partial charge is 0.288 e. The van der Waals surface area contributed by atoms with Gasteiger partial charge in [0.2, 0.25) is 0 Å². The number of aliphatic imine (C=N–C) groups is 1. The fraction of sp³-hybridized carbons (Fsp3) is 0.435. The van der Waals surface area contributed by atoms with Crippen LogP contribution in [0.2, 0.25) is 0 Å². The van der Waals surface area contributed by atoms with Crippen LogP contribution in [-0.4, -0.2) is 6.21 Å². The standard InChI is InChI=1S/C8H7N.C7H6N2.2C4H10/c1-2-4-8-6-9-5-7(8)3-1;1-2-4-7-6(3-1)5-8-9-7;2*1-4(2)3/h1-5H,6H2;1-4H,5H2;2*4H,1-3H3. The topological polar surface area (TPSA) is 37.1 Å². The molecule has 2 aromatic carbocycles. The monoisotopic (exact) mass is 351 g/mol. The number of azo groups is 1. The van der Waals surface area contributed by atoms with Crippen molar-refractivity contribution in [3.05, 3.63) is 65.2 Å². The van der Waals surface area contributed by atoms with Crippen molar-refractivity contribution in [3.8, 4) is 0 Å². The number of hydrogen-bond donors (Lipinski definition) is 0. The maximum absolute atomic E-state index is 4.13. The molecule has 0 atom stereocenters. The molecule has 3 nitrogen and oxygen atoms in total. The van der Waals surface area contributed by atoms with Gasteiger partial charge in [-0.15, -0.1) is 0 Å². The zero-order valence-corrected chi connectivity index (χ0v) is 17.1. The second-order valence-electron chi connectivity index (χ2n) is 7.66. The summed E-state index contributed by atoms with van der Waals surface area (Å²) >= 11 is 0. The molecule has 0 unspecified atom stereocenters. The van der Waals surface area contributed by atoms with Crippen LogP contribution in [-0.2, 0) is 13.1 Å². The van der Waals surface area contributed by atoms with Crippen LogP contribution in [0, 0.1) is 11.8 Å². The Labute approximate surface area is 159 Å². The lowest BCUT2D eigenvalue weighted by Crippen LogP contribution is -1.79. The van der Waals surface area contributed by atoms with E-state index in [1.165, 1.54) is 16.7 Å². The summed E-state index contributed by atoms with van der Waals surface area (Å²) in [5, 5.41) is 7.80. The number of benzene rings is 2. The first-order valence-corrected chi connectivity index (χ1v) is 9.43. The third-order valence-corrected chi connectivity index (χ3v) is 2.96. The Morgan fingerprint density at radius 1 is 0.692 bits per heavy atom. The molecular weight excluding hydrogens is 318 g/mol. The molecule has 2 heterocycles. The van der Waals surface area contributed by atoms with E-state index in [1.54, 1.807) is 0 Å². The van der Waals surface area contributed by atoms with E-state index in [0.717, 1.165) is 30.6 Å². The first-order chi connectivity index (χ1) is 12.4. The molecule has 0 fully saturated rings. The van der Waals surface area contributed by atoms with Crippen LogP contribution in [0.4, 0.5) is 5.69 Å². The van der Waals surface area contributed by atoms with Crippen molar-refractivity contribution < 1.29 is 0 Å². The molecule has 0 N–H and O–H groups in total. The quantitative estimate of drug-likeness (QED) is 0.480. The van der Waals surface area contributed by atoms with Gasteiger partial charge in [-0.3, -0.25) is 4.99 Å². The third-order valence-electron chi connectivity index (χ3n) is 2.96. The van der Waals surface area contributed by atoms with Gasteiger partial charge in [-0.1, -0.05) is 84.0 Å². The smallest absolute Gasteiger partial charge is 0.0904 e. The fourth-order valence-corrected chi connectivity index (χ4v) is 1.98. The van der Waals surface area contributed by atoms with Crippen LogP contribution in [0.5, 0.6) is 0 Å². The van der Waals surface area contributed by atoms with Crippen LogP contribution < -0.4 is 0 Å². The zero-order valence-electron chi connectivity index (χ0n) is 17.1. The average Bonchev–Trinajstić information content (AvgIpc) is 3.23. The van der Waals surface area contributed by atoms with Crippen molar-refractivity contribution in [2.45, 2.75) is 54.6 Å². The van der Waals surface area contributed by atoms with Gasteiger partial charge in [0.15, 0.2) is 0 Å². The number of fused-ring (bicyclic) bond motifs is 2. The summed E-state index contributed by atoms with van der Waals surface area (Å²) in [6.45, 7) is 14.6. The van der Waals surface area contributed by atoms with E-state index in [4.69, 9.17) is 0 Å². The van der Waals surface area contributed by atoms with Crippen LogP contribution in [0.15, 0.2) is 63.8 Å². The number of rotatable bonds is 0. The van der Waals surface area contributed by atoms with Crippen molar-refractivity contribution in [1.29, 1.82) is 0 Å². The second kappa shape index (κ2) is 12.1. The molecule has 0 radical (unpaired) electrons. The van der Waals surface area contributed by atoms with E-state index in [-0.39, 0.29) is 0 Å². The molecule has 0 aromatic heterocycles. The van der Waals surface area contributed by atoms with Gasteiger partial charge in [0.25, 0.3) is 0 Å². The molecule has 0 bridgehead atoms. The van der Waals surface area contributed by atoms with Gasteiger partial charge in [0.1, 0.15) is 0 Å². The van der Waals surface area contributed by atoms with Crippen LogP contribution in [0.3, 0.4) is 0 Å². The molecule has 26 heavy (non-hydrogen) atoms. The Morgan fingerprint density at radius 3 is 1.81 bits per heavy atom. The number of hydrogen-bond acceptors (Lipinski definition) is 3. The van der Waals surface area contributed by atoms with Crippen molar-refractivity contribution in [2.75, 3.05) is 0 Å². The second-order valence-corrected chi connectivity index (χ2v) is 7.66. The maximum atomic E-state index is 4.13. The summed E-state index contributed by atoms with van der Waals surface area (Å²) in [6.07, 6.45) is 1.93. The van der Waals surface area contributed by atoms with E-state index in [1.807, 2.05) is 36.5 Å². The SMILES string of the molecule is C1=NCc2ccccc21.CC(C)C.CC(C)C.c1ccc2c(c1)CN=N2. The van der Waals surface area contributed by atoms with Crippen molar-refractivity contribution in [2.24, 2.45) is 27.1 Å². The lowest BCUT2D eigenvalue weighted by molar-refractivity contribution is 0.736. The predicted octanol–water partition coefficient (Wildman–Crippen LogP) is 7.23. The molecule has 2 aliphatic rings. The van der Waals surface area contributed by atoms with E-state index in [2.05, 4.69) is 75.0 Å². The van der Waals surface area contributed by atoms with E-state index in [9.17, 15) is 0 Å². The molecule has 0 saturated carbocycles. The highest BCUT2D eigenvalue weighted by atomic mass is 15.1. The summed E-state index contributed by atoms with van der Waals surface area (Å²) in [5.41, 5.74) is 4.88. The summed E-state index contributed by atoms with van der Waals surface area (Å²) < 4.78 is 0. The Morgan fingerprint density at radius 2 is 1.23 bits per heavy atom. The summed E-state index contributed by atoms with van der Waals surface area (Å²) in [7, 11) is 0. The first kappa shape index (κ1) is 21.8. The van der Waals surface area contributed by atoms with Gasteiger partial charge in [-0.25, -0.2) is 0 Å². The lowest BCUT2D eigenvalue weighted by atomic mass is 10.1. The highest BCUT2D eigenvalue weighted by molar-refractivity contribution is 5.84. The van der Waals surface area contributed by atoms with Crippen molar-refractivity contribution in [3.63, 3.8) is 0 Å². The average molecular weight is 352 g/mol. The zero-order chi connectivity index (χ0) is 19.4. The molecular formula is C23H33N3. The first-order valence-electron chi connectivity index (χ1n) is 9.43. The number of nitrogens with zero attached hydrogens (tertiary/aromatic N) is 3. The minimum Gasteiger partial charge on any atom is -0.288 e. The Balaban J connectivity index is 0.000000188. The summed E-state index contributed by atoms with van der Waals surface area (Å²) in [4.78, 5) is 4.13. The molecule has 2 aromatic rings. The summed E-state index contributed by atoms with van der Waals surface area (Å²) in [5.74, 6) is 1.67. The molecule has 4 rings (SSSR count). The predicted molar refractivity (Wildman–Crippen MR) is 113 cm³/mol. The molecule has 2 aliphatic heterocycles. The van der Waals surface area contributed by atoms with Gasteiger partial charge in [0, 0.05) is 11.8 Å². The van der Waals surface area contributed by atoms with Crippen LogP contribution in [0.25, 0.3) is 0 Å². The van der Waals surface area contributed by atoms with Crippen LogP contribution in [0.1, 0.15) is 58.2 Å². The highest BCUT2D eigenvalue weighted by Gasteiger charge is 2.03. The van der Waals surface area contributed by atoms with Gasteiger partial charge in [0.05, 0.1) is 18.8 Å². The highest BCUT2D eigenvalue weighted by Crippen LogP contribution is 2.25. The third kappa shape index (κ3) is 9.26. The van der Waals surface area contributed by atoms with Crippen LogP contribution >= 0.6 is 0 Å². The normalized spacial score (nSPS) is 12.3. The minimum absolute atomic E-state index is 0.760. The Hall–Kier alpha value is -2.29. The lowest BCUT2D eigenvalue weighted by Gasteiger charge is -1.91. The minimum atomic E-state index is 0.760. The fourth-order valence-electron chi connectivity index (χ4n) is 1.98. The van der Waals surface area contributed by atoms with E-state index in [0.29, 0.717) is 0 Å². The van der Waals surface area contributed by atoms with Gasteiger partial charge >= 0.3 is 0 Å². The van der Waals surface area contributed by atoms with Gasteiger partial charge < -0.3 is 0 Å². The van der Waals surface area contributed by atoms with E-state index >= 15 is 0 Å². The molecule has 140 valence electrons. The molecule has 3 heteroatoms. The summed E-state index contributed by atoms with van der Waals surface area (Å²) in [6, 6.07) is 16.3.